The molecule has 0 aliphatic carbocycles. The summed E-state index contributed by atoms with van der Waals surface area (Å²) in [5.74, 6) is 0.630. The number of hydrogen-bond donors (Lipinski definition) is 0. The zero-order chi connectivity index (χ0) is 21.4. The van der Waals surface area contributed by atoms with Crippen molar-refractivity contribution in [1.29, 1.82) is 0 Å². The molecular weight excluding hydrogens is 507 g/mol. The Balaban J connectivity index is 1.61. The monoisotopic (exact) mass is 533 g/mol. The summed E-state index contributed by atoms with van der Waals surface area (Å²) < 4.78 is 10.6. The molecule has 0 bridgehead atoms. The van der Waals surface area contributed by atoms with Crippen molar-refractivity contribution in [2.75, 3.05) is 13.2 Å². The fourth-order valence-corrected chi connectivity index (χ4v) is 5.02. The Morgan fingerprint density at radius 1 is 0.800 bits per heavy atom. The first kappa shape index (κ1) is 22.7. The van der Waals surface area contributed by atoms with E-state index in [1.807, 2.05) is 38.1 Å². The molecule has 0 radical (unpaired) electrons. The van der Waals surface area contributed by atoms with Gasteiger partial charge >= 0.3 is 5.97 Å². The third-order valence-corrected chi connectivity index (χ3v) is 6.96. The fourth-order valence-electron chi connectivity index (χ4n) is 2.78. The summed E-state index contributed by atoms with van der Waals surface area (Å²) in [6.07, 6.45) is 0.665. The van der Waals surface area contributed by atoms with Gasteiger partial charge in [-0.15, -0.1) is 0 Å². The SMILES string of the molecule is CC(C)(I)C(=O)OCCCOc1ccc([S+](c2ccccc2)c2ccccc2)cc1. The van der Waals surface area contributed by atoms with Crippen molar-refractivity contribution in [3.63, 3.8) is 0 Å². The van der Waals surface area contributed by atoms with Gasteiger partial charge in [-0.2, -0.15) is 0 Å². The van der Waals surface area contributed by atoms with Crippen LogP contribution in [0.3, 0.4) is 0 Å². The Hall–Kier alpha value is -1.99. The molecule has 0 fully saturated rings. The maximum Gasteiger partial charge on any atom is 0.321 e. The molecule has 0 saturated carbocycles. The minimum Gasteiger partial charge on any atom is -0.493 e. The van der Waals surface area contributed by atoms with Gasteiger partial charge in [0.2, 0.25) is 0 Å². The lowest BCUT2D eigenvalue weighted by atomic mass is 10.2. The zero-order valence-electron chi connectivity index (χ0n) is 17.2. The molecule has 0 aromatic heterocycles. The van der Waals surface area contributed by atoms with Gasteiger partial charge in [0.1, 0.15) is 9.17 Å². The fraction of sp³-hybridized carbons (Fsp3) is 0.240. The average Bonchev–Trinajstić information content (AvgIpc) is 2.75. The molecule has 0 aliphatic rings. The van der Waals surface area contributed by atoms with Gasteiger partial charge in [-0.1, -0.05) is 59.0 Å². The summed E-state index contributed by atoms with van der Waals surface area (Å²) in [4.78, 5) is 15.6. The number of ether oxygens (including phenoxy) is 2. The number of rotatable bonds is 9. The molecule has 3 nitrogen and oxygen atoms in total. The smallest absolute Gasteiger partial charge is 0.321 e. The second-order valence-electron chi connectivity index (χ2n) is 7.21. The van der Waals surface area contributed by atoms with Crippen LogP contribution in [0.25, 0.3) is 0 Å². The lowest BCUT2D eigenvalue weighted by Crippen LogP contribution is -2.27. The Kier molecular flexibility index (Phi) is 8.22. The van der Waals surface area contributed by atoms with Crippen molar-refractivity contribution in [2.24, 2.45) is 0 Å². The van der Waals surface area contributed by atoms with Gasteiger partial charge in [0, 0.05) is 6.42 Å². The number of halogens is 1. The highest BCUT2D eigenvalue weighted by Crippen LogP contribution is 2.31. The van der Waals surface area contributed by atoms with Crippen LogP contribution in [0.2, 0.25) is 0 Å². The number of benzene rings is 3. The standard InChI is InChI=1S/C25H26IO3S/c1-25(2,26)24(27)29-19-9-18-28-20-14-16-23(17-15-20)30(21-10-5-3-6-11-21)22-12-7-4-8-13-22/h3-8,10-17H,9,18-19H2,1-2H3/q+1. The molecule has 0 heterocycles. The first-order valence-electron chi connectivity index (χ1n) is 9.88. The molecule has 5 heteroatoms. The second kappa shape index (κ2) is 10.9. The van der Waals surface area contributed by atoms with Crippen LogP contribution in [0.5, 0.6) is 5.75 Å². The molecule has 3 rings (SSSR count). The van der Waals surface area contributed by atoms with Crippen molar-refractivity contribution < 1.29 is 14.3 Å². The van der Waals surface area contributed by atoms with E-state index in [0.717, 1.165) is 5.75 Å². The Bertz CT molecular complexity index is 883. The molecule has 0 unspecified atom stereocenters. The van der Waals surface area contributed by atoms with Gasteiger partial charge in [0.25, 0.3) is 0 Å². The zero-order valence-corrected chi connectivity index (χ0v) is 20.2. The lowest BCUT2D eigenvalue weighted by Gasteiger charge is -2.15. The maximum absolute atomic E-state index is 11.8. The highest BCUT2D eigenvalue weighted by Gasteiger charge is 2.28. The Morgan fingerprint density at radius 2 is 1.30 bits per heavy atom. The van der Waals surface area contributed by atoms with Crippen LogP contribution in [-0.4, -0.2) is 22.6 Å². The predicted molar refractivity (Wildman–Crippen MR) is 131 cm³/mol. The first-order chi connectivity index (χ1) is 14.4. The number of alkyl halides is 1. The number of carbonyl (C=O) groups is 1. The molecule has 30 heavy (non-hydrogen) atoms. The van der Waals surface area contributed by atoms with Crippen molar-refractivity contribution in [1.82, 2.24) is 0 Å². The third kappa shape index (κ3) is 6.51. The first-order valence-corrected chi connectivity index (χ1v) is 12.2. The van der Waals surface area contributed by atoms with Crippen LogP contribution in [0.1, 0.15) is 20.3 Å². The molecule has 0 N–H and O–H groups in total. The van der Waals surface area contributed by atoms with E-state index in [1.54, 1.807) is 0 Å². The van der Waals surface area contributed by atoms with Crippen LogP contribution in [0.15, 0.2) is 99.6 Å². The molecule has 0 aliphatic heterocycles. The van der Waals surface area contributed by atoms with Crippen molar-refractivity contribution in [3.8, 4) is 5.75 Å². The van der Waals surface area contributed by atoms with E-state index in [1.165, 1.54) is 14.7 Å². The van der Waals surface area contributed by atoms with Crippen molar-refractivity contribution in [2.45, 2.75) is 38.4 Å². The van der Waals surface area contributed by atoms with Crippen LogP contribution < -0.4 is 4.74 Å². The van der Waals surface area contributed by atoms with Crippen LogP contribution in [0.4, 0.5) is 0 Å². The van der Waals surface area contributed by atoms with E-state index in [4.69, 9.17) is 9.47 Å². The summed E-state index contributed by atoms with van der Waals surface area (Å²) in [5, 5.41) is 0. The summed E-state index contributed by atoms with van der Waals surface area (Å²) in [6.45, 7) is 4.56. The number of carbonyl (C=O) groups excluding carboxylic acids is 1. The number of esters is 1. The van der Waals surface area contributed by atoms with E-state index in [-0.39, 0.29) is 16.9 Å². The topological polar surface area (TPSA) is 35.5 Å². The van der Waals surface area contributed by atoms with Gasteiger partial charge in [-0.3, -0.25) is 4.79 Å². The molecule has 3 aromatic rings. The highest BCUT2D eigenvalue weighted by molar-refractivity contribution is 14.1. The minimum atomic E-state index is -0.497. The summed E-state index contributed by atoms with van der Waals surface area (Å²) >= 11 is 2.08. The Morgan fingerprint density at radius 3 is 1.80 bits per heavy atom. The van der Waals surface area contributed by atoms with E-state index in [0.29, 0.717) is 19.6 Å². The van der Waals surface area contributed by atoms with Gasteiger partial charge in [0.05, 0.1) is 24.1 Å². The van der Waals surface area contributed by atoms with Gasteiger partial charge in [-0.25, -0.2) is 0 Å². The summed E-state index contributed by atoms with van der Waals surface area (Å²) in [5.41, 5.74) is 0. The highest BCUT2D eigenvalue weighted by atomic mass is 127. The summed E-state index contributed by atoms with van der Waals surface area (Å²) in [7, 11) is -0.159. The molecule has 156 valence electrons. The van der Waals surface area contributed by atoms with E-state index < -0.39 is 3.42 Å². The van der Waals surface area contributed by atoms with E-state index >= 15 is 0 Å². The third-order valence-electron chi connectivity index (χ3n) is 4.29. The van der Waals surface area contributed by atoms with Crippen LogP contribution in [0, 0.1) is 0 Å². The van der Waals surface area contributed by atoms with Crippen LogP contribution >= 0.6 is 22.6 Å². The molecule has 0 saturated heterocycles. The summed E-state index contributed by atoms with van der Waals surface area (Å²) in [6, 6.07) is 29.5. The van der Waals surface area contributed by atoms with E-state index in [2.05, 4.69) is 83.3 Å². The second-order valence-corrected chi connectivity index (χ2v) is 11.9. The molecule has 0 atom stereocenters. The van der Waals surface area contributed by atoms with Crippen molar-refractivity contribution in [3.05, 3.63) is 84.9 Å². The molecule has 0 spiro atoms. The van der Waals surface area contributed by atoms with Gasteiger partial charge in [-0.05, 0) is 62.4 Å². The predicted octanol–water partition coefficient (Wildman–Crippen LogP) is 6.31. The molecule has 0 amide bonds. The number of hydrogen-bond acceptors (Lipinski definition) is 3. The van der Waals surface area contributed by atoms with E-state index in [9.17, 15) is 4.79 Å². The quantitative estimate of drug-likeness (QED) is 0.106. The maximum atomic E-state index is 11.8. The molecular formula is C25H26IO3S+. The largest absolute Gasteiger partial charge is 0.493 e. The minimum absolute atomic E-state index is 0.159. The van der Waals surface area contributed by atoms with Crippen molar-refractivity contribution >= 4 is 39.5 Å². The van der Waals surface area contributed by atoms with Gasteiger partial charge in [0.15, 0.2) is 14.7 Å². The van der Waals surface area contributed by atoms with Crippen LogP contribution in [-0.2, 0) is 20.4 Å². The lowest BCUT2D eigenvalue weighted by molar-refractivity contribution is -0.145. The average molecular weight is 533 g/mol. The molecule has 3 aromatic carbocycles. The normalized spacial score (nSPS) is 11.3. The Labute approximate surface area is 195 Å². The van der Waals surface area contributed by atoms with Gasteiger partial charge < -0.3 is 9.47 Å².